The average Bonchev–Trinajstić information content (AvgIpc) is 2.95. The lowest BCUT2D eigenvalue weighted by atomic mass is 9.95. The molecule has 1 atom stereocenters. The lowest BCUT2D eigenvalue weighted by molar-refractivity contribution is -0.119. The highest BCUT2D eigenvalue weighted by molar-refractivity contribution is 5.83. The van der Waals surface area contributed by atoms with Gasteiger partial charge in [-0.25, -0.2) is 0 Å². The van der Waals surface area contributed by atoms with Gasteiger partial charge in [0.2, 0.25) is 11.7 Å². The van der Waals surface area contributed by atoms with Gasteiger partial charge in [-0.1, -0.05) is 0 Å². The predicted octanol–water partition coefficient (Wildman–Crippen LogP) is 2.73. The van der Waals surface area contributed by atoms with Gasteiger partial charge in [0, 0.05) is 12.5 Å². The summed E-state index contributed by atoms with van der Waals surface area (Å²) in [6, 6.07) is 8.07. The molecule has 0 aromatic heterocycles. The molecule has 1 aliphatic rings. The minimum atomic E-state index is -0.386. The SMILES string of the molecule is COc1cc2c(c(OC)c1OC)-c1ccc(=O)c(C#N)cc1[C@@H](NC(C)=O)CC2. The molecule has 0 bridgehead atoms. The number of carbonyl (C=O) groups is 1. The Hall–Kier alpha value is -3.53. The van der Waals surface area contributed by atoms with E-state index in [9.17, 15) is 14.9 Å². The summed E-state index contributed by atoms with van der Waals surface area (Å²) in [6.07, 6.45) is 1.21. The van der Waals surface area contributed by atoms with E-state index in [0.717, 1.165) is 11.1 Å². The van der Waals surface area contributed by atoms with E-state index in [2.05, 4.69) is 5.32 Å². The Morgan fingerprint density at radius 3 is 2.45 bits per heavy atom. The number of nitrogens with one attached hydrogen (secondary N) is 1. The summed E-state index contributed by atoms with van der Waals surface area (Å²) in [5.74, 6) is 1.25. The number of amides is 1. The summed E-state index contributed by atoms with van der Waals surface area (Å²) in [6.45, 7) is 1.44. The van der Waals surface area contributed by atoms with Crippen molar-refractivity contribution in [2.45, 2.75) is 25.8 Å². The highest BCUT2D eigenvalue weighted by Gasteiger charge is 2.29. The molecule has 0 radical (unpaired) electrons. The fourth-order valence-corrected chi connectivity index (χ4v) is 3.80. The molecule has 0 fully saturated rings. The zero-order valence-corrected chi connectivity index (χ0v) is 16.8. The second-order valence-electron chi connectivity index (χ2n) is 6.71. The summed E-state index contributed by atoms with van der Waals surface area (Å²) >= 11 is 0. The van der Waals surface area contributed by atoms with Gasteiger partial charge in [0.25, 0.3) is 0 Å². The molecule has 1 amide bonds. The molecule has 3 rings (SSSR count). The lowest BCUT2D eigenvalue weighted by Crippen LogP contribution is -2.26. The van der Waals surface area contributed by atoms with E-state index in [1.54, 1.807) is 19.2 Å². The summed E-state index contributed by atoms with van der Waals surface area (Å²) in [5, 5.41) is 12.4. The van der Waals surface area contributed by atoms with E-state index in [4.69, 9.17) is 14.2 Å². The summed E-state index contributed by atoms with van der Waals surface area (Å²) in [5.41, 5.74) is 2.71. The lowest BCUT2D eigenvalue weighted by Gasteiger charge is -2.19. The molecule has 7 heteroatoms. The number of aryl methyl sites for hydroxylation is 1. The van der Waals surface area contributed by atoms with Crippen molar-refractivity contribution in [1.82, 2.24) is 5.32 Å². The topological polar surface area (TPSA) is 97.7 Å². The predicted molar refractivity (Wildman–Crippen MR) is 107 cm³/mol. The van der Waals surface area contributed by atoms with Crippen molar-refractivity contribution in [3.8, 4) is 34.4 Å². The van der Waals surface area contributed by atoms with Gasteiger partial charge in [-0.3, -0.25) is 9.59 Å². The van der Waals surface area contributed by atoms with E-state index in [-0.39, 0.29) is 22.9 Å². The third-order valence-corrected chi connectivity index (χ3v) is 5.03. The van der Waals surface area contributed by atoms with Crippen LogP contribution >= 0.6 is 0 Å². The van der Waals surface area contributed by atoms with Crippen molar-refractivity contribution in [2.75, 3.05) is 21.3 Å². The Morgan fingerprint density at radius 1 is 1.14 bits per heavy atom. The average molecular weight is 394 g/mol. The van der Waals surface area contributed by atoms with Crippen LogP contribution in [0.25, 0.3) is 11.1 Å². The largest absolute Gasteiger partial charge is 0.493 e. The van der Waals surface area contributed by atoms with Crippen LogP contribution < -0.4 is 25.0 Å². The maximum Gasteiger partial charge on any atom is 0.217 e. The molecule has 7 nitrogen and oxygen atoms in total. The number of nitrogens with zero attached hydrogens (tertiary/aromatic N) is 1. The summed E-state index contributed by atoms with van der Waals surface area (Å²) in [4.78, 5) is 24.2. The van der Waals surface area contributed by atoms with E-state index in [1.807, 2.05) is 12.1 Å². The Kier molecular flexibility index (Phi) is 5.74. The highest BCUT2D eigenvalue weighted by Crippen LogP contribution is 2.50. The van der Waals surface area contributed by atoms with Gasteiger partial charge >= 0.3 is 0 Å². The molecule has 0 aliphatic heterocycles. The monoisotopic (exact) mass is 394 g/mol. The summed E-state index contributed by atoms with van der Waals surface area (Å²) < 4.78 is 16.7. The Morgan fingerprint density at radius 2 is 1.86 bits per heavy atom. The van der Waals surface area contributed by atoms with Crippen molar-refractivity contribution in [3.05, 3.63) is 51.2 Å². The second-order valence-corrected chi connectivity index (χ2v) is 6.71. The number of benzene rings is 1. The molecule has 2 aromatic carbocycles. The maximum atomic E-state index is 12.3. The fourth-order valence-electron chi connectivity index (χ4n) is 3.80. The molecular formula is C22H22N2O5. The first-order valence-electron chi connectivity index (χ1n) is 9.12. The van der Waals surface area contributed by atoms with Gasteiger partial charge in [0.15, 0.2) is 16.9 Å². The quantitative estimate of drug-likeness (QED) is 0.856. The van der Waals surface area contributed by atoms with E-state index in [1.165, 1.54) is 27.2 Å². The first-order chi connectivity index (χ1) is 13.9. The Balaban J connectivity index is 2.44. The number of methoxy groups -OCH3 is 3. The zero-order chi connectivity index (χ0) is 21.1. The normalized spacial score (nSPS) is 14.5. The maximum absolute atomic E-state index is 12.3. The van der Waals surface area contributed by atoms with Gasteiger partial charge < -0.3 is 19.5 Å². The van der Waals surface area contributed by atoms with Crippen LogP contribution in [0.3, 0.4) is 0 Å². The number of hydrogen-bond acceptors (Lipinski definition) is 6. The number of hydrogen-bond donors (Lipinski definition) is 1. The minimum absolute atomic E-state index is 0.0181. The molecule has 29 heavy (non-hydrogen) atoms. The van der Waals surface area contributed by atoms with Gasteiger partial charge in [-0.15, -0.1) is 0 Å². The van der Waals surface area contributed by atoms with E-state index < -0.39 is 0 Å². The molecule has 2 aromatic rings. The van der Waals surface area contributed by atoms with Crippen molar-refractivity contribution in [3.63, 3.8) is 0 Å². The smallest absolute Gasteiger partial charge is 0.217 e. The molecule has 150 valence electrons. The molecule has 0 saturated carbocycles. The van der Waals surface area contributed by atoms with E-state index >= 15 is 0 Å². The van der Waals surface area contributed by atoms with Crippen LogP contribution in [0.15, 0.2) is 29.1 Å². The first kappa shape index (κ1) is 20.2. The van der Waals surface area contributed by atoms with Crippen LogP contribution in [-0.2, 0) is 11.2 Å². The number of fused-ring (bicyclic) bond motifs is 3. The molecule has 0 saturated heterocycles. The molecule has 1 N–H and O–H groups in total. The standard InChI is InChI=1S/C22H22N2O5/c1-12(25)24-17-7-5-13-10-19(27-2)21(28-3)22(29-4)20(13)15-6-8-18(26)14(11-23)9-16(15)17/h6,8-10,17H,5,7H2,1-4H3,(H,24,25)/t17-/m0/s1. The van der Waals surface area contributed by atoms with Gasteiger partial charge in [0.1, 0.15) is 6.07 Å². The van der Waals surface area contributed by atoms with Crippen LogP contribution in [0.2, 0.25) is 0 Å². The van der Waals surface area contributed by atoms with Crippen LogP contribution in [0.1, 0.15) is 36.1 Å². The van der Waals surface area contributed by atoms with Gasteiger partial charge in [-0.05, 0) is 53.8 Å². The molecule has 0 spiro atoms. The third-order valence-electron chi connectivity index (χ3n) is 5.03. The number of carbonyl (C=O) groups excluding carboxylic acids is 1. The van der Waals surface area contributed by atoms with Crippen molar-refractivity contribution in [2.24, 2.45) is 0 Å². The van der Waals surface area contributed by atoms with Crippen molar-refractivity contribution < 1.29 is 19.0 Å². The third kappa shape index (κ3) is 3.61. The molecule has 0 unspecified atom stereocenters. The summed E-state index contributed by atoms with van der Waals surface area (Å²) in [7, 11) is 4.62. The van der Waals surface area contributed by atoms with Crippen LogP contribution in [0, 0.1) is 11.3 Å². The van der Waals surface area contributed by atoms with Crippen LogP contribution in [-0.4, -0.2) is 27.2 Å². The van der Waals surface area contributed by atoms with Crippen LogP contribution in [0.4, 0.5) is 0 Å². The van der Waals surface area contributed by atoms with Crippen LogP contribution in [0.5, 0.6) is 17.2 Å². The molecule has 1 aliphatic carbocycles. The molecular weight excluding hydrogens is 372 g/mol. The Bertz CT molecular complexity index is 1070. The Labute approximate surface area is 168 Å². The van der Waals surface area contributed by atoms with E-state index in [0.29, 0.717) is 41.2 Å². The van der Waals surface area contributed by atoms with Crippen molar-refractivity contribution >= 4 is 5.91 Å². The number of nitriles is 1. The highest BCUT2D eigenvalue weighted by atomic mass is 16.5. The van der Waals surface area contributed by atoms with Crippen molar-refractivity contribution in [1.29, 1.82) is 5.26 Å². The zero-order valence-electron chi connectivity index (χ0n) is 16.8. The number of ether oxygens (including phenoxy) is 3. The van der Waals surface area contributed by atoms with Gasteiger partial charge in [-0.2, -0.15) is 5.26 Å². The second kappa shape index (κ2) is 8.23. The minimum Gasteiger partial charge on any atom is -0.493 e. The number of rotatable bonds is 4. The first-order valence-corrected chi connectivity index (χ1v) is 9.12. The molecule has 0 heterocycles. The van der Waals surface area contributed by atoms with Gasteiger partial charge in [0.05, 0.1) is 32.9 Å². The fraction of sp³-hybridized carbons (Fsp3) is 0.318.